The molecule has 0 spiro atoms. The molecule has 2 heterocycles. The van der Waals surface area contributed by atoms with Gasteiger partial charge in [-0.1, -0.05) is 60.7 Å². The van der Waals surface area contributed by atoms with E-state index in [1.54, 1.807) is 0 Å². The fourth-order valence-electron chi connectivity index (χ4n) is 3.16. The van der Waals surface area contributed by atoms with Gasteiger partial charge in [0.25, 0.3) is 5.56 Å². The summed E-state index contributed by atoms with van der Waals surface area (Å²) >= 11 is 0. The van der Waals surface area contributed by atoms with Gasteiger partial charge in [0.15, 0.2) is 0 Å². The van der Waals surface area contributed by atoms with Crippen LogP contribution in [0.15, 0.2) is 71.5 Å². The van der Waals surface area contributed by atoms with Gasteiger partial charge in [0.1, 0.15) is 0 Å². The summed E-state index contributed by atoms with van der Waals surface area (Å²) in [6, 6.07) is 21.7. The maximum Gasteiger partial charge on any atom is 0.278 e. The number of aryl methyl sites for hydroxylation is 1. The fourth-order valence-corrected chi connectivity index (χ4v) is 3.16. The minimum atomic E-state index is -0.192. The zero-order valence-electron chi connectivity index (χ0n) is 13.3. The van der Waals surface area contributed by atoms with Crippen LogP contribution in [-0.4, -0.2) is 9.66 Å². The van der Waals surface area contributed by atoms with E-state index in [1.165, 1.54) is 4.68 Å². The first-order valence-electron chi connectivity index (χ1n) is 7.81. The van der Waals surface area contributed by atoms with Crippen LogP contribution in [-0.2, 0) is 0 Å². The van der Waals surface area contributed by atoms with Crippen molar-refractivity contribution in [2.24, 2.45) is 0 Å². The Balaban J connectivity index is 2.09. The topological polar surface area (TPSA) is 63.8 Å². The standard InChI is InChI=1S/C20H17N3O/c1-13-18-16(19(22-13)15-10-6-3-7-11-15)12-17(23(21)20(18)24)14-8-4-2-5-9-14/h2-12,22H,21H2,1H3. The lowest BCUT2D eigenvalue weighted by molar-refractivity contribution is 0.962. The first kappa shape index (κ1) is 14.3. The summed E-state index contributed by atoms with van der Waals surface area (Å²) in [6.07, 6.45) is 0. The van der Waals surface area contributed by atoms with Crippen LogP contribution in [0.5, 0.6) is 0 Å². The number of aromatic amines is 1. The van der Waals surface area contributed by atoms with Crippen LogP contribution in [0.25, 0.3) is 33.3 Å². The first-order valence-corrected chi connectivity index (χ1v) is 7.81. The maximum absolute atomic E-state index is 12.8. The van der Waals surface area contributed by atoms with E-state index in [0.29, 0.717) is 11.1 Å². The van der Waals surface area contributed by atoms with Gasteiger partial charge in [0.05, 0.1) is 16.8 Å². The zero-order valence-corrected chi connectivity index (χ0v) is 13.3. The molecule has 0 aliphatic heterocycles. The van der Waals surface area contributed by atoms with Gasteiger partial charge < -0.3 is 10.8 Å². The smallest absolute Gasteiger partial charge is 0.278 e. The van der Waals surface area contributed by atoms with Gasteiger partial charge >= 0.3 is 0 Å². The van der Waals surface area contributed by atoms with Gasteiger partial charge in [-0.05, 0) is 18.6 Å². The molecule has 0 aliphatic rings. The molecular weight excluding hydrogens is 298 g/mol. The third-order valence-electron chi connectivity index (χ3n) is 4.33. The number of nitrogen functional groups attached to an aromatic ring is 1. The highest BCUT2D eigenvalue weighted by Gasteiger charge is 2.16. The molecule has 4 heteroatoms. The highest BCUT2D eigenvalue weighted by atomic mass is 16.1. The number of nitrogens with two attached hydrogens (primary N) is 1. The molecule has 0 bridgehead atoms. The molecule has 0 aliphatic carbocycles. The number of benzene rings is 2. The molecule has 3 N–H and O–H groups in total. The minimum absolute atomic E-state index is 0.192. The molecule has 0 atom stereocenters. The van der Waals surface area contributed by atoms with Crippen molar-refractivity contribution in [2.75, 3.05) is 5.84 Å². The van der Waals surface area contributed by atoms with Gasteiger partial charge in [-0.25, -0.2) is 4.68 Å². The van der Waals surface area contributed by atoms with E-state index in [9.17, 15) is 4.79 Å². The molecule has 0 saturated carbocycles. The summed E-state index contributed by atoms with van der Waals surface area (Å²) in [6.45, 7) is 1.90. The van der Waals surface area contributed by atoms with Crippen molar-refractivity contribution in [1.82, 2.24) is 9.66 Å². The van der Waals surface area contributed by atoms with Crippen molar-refractivity contribution < 1.29 is 0 Å². The number of nitrogens with zero attached hydrogens (tertiary/aromatic N) is 1. The predicted molar refractivity (Wildman–Crippen MR) is 98.3 cm³/mol. The summed E-state index contributed by atoms with van der Waals surface area (Å²) in [4.78, 5) is 16.2. The molecule has 4 rings (SSSR count). The van der Waals surface area contributed by atoms with Crippen LogP contribution in [0.1, 0.15) is 5.69 Å². The van der Waals surface area contributed by atoms with Crippen molar-refractivity contribution in [3.05, 3.63) is 82.8 Å². The average molecular weight is 315 g/mol. The van der Waals surface area contributed by atoms with Gasteiger partial charge in [0.2, 0.25) is 0 Å². The number of H-pyrrole nitrogens is 1. The second-order valence-electron chi connectivity index (χ2n) is 5.85. The molecule has 0 radical (unpaired) electrons. The molecule has 0 amide bonds. The zero-order chi connectivity index (χ0) is 16.7. The Morgan fingerprint density at radius 1 is 0.917 bits per heavy atom. The van der Waals surface area contributed by atoms with Gasteiger partial charge in [-0.3, -0.25) is 4.79 Å². The number of rotatable bonds is 2. The Labute approximate surface area is 139 Å². The average Bonchev–Trinajstić information content (AvgIpc) is 2.96. The van der Waals surface area contributed by atoms with Crippen molar-refractivity contribution in [1.29, 1.82) is 0 Å². The maximum atomic E-state index is 12.8. The van der Waals surface area contributed by atoms with Crippen LogP contribution in [0.3, 0.4) is 0 Å². The van der Waals surface area contributed by atoms with Gasteiger partial charge in [-0.2, -0.15) is 0 Å². The Morgan fingerprint density at radius 2 is 1.50 bits per heavy atom. The second kappa shape index (κ2) is 5.42. The predicted octanol–water partition coefficient (Wildman–Crippen LogP) is 3.69. The second-order valence-corrected chi connectivity index (χ2v) is 5.85. The normalized spacial score (nSPS) is 11.0. The van der Waals surface area contributed by atoms with Crippen LogP contribution in [0, 0.1) is 6.92 Å². The Bertz CT molecular complexity index is 1080. The van der Waals surface area contributed by atoms with E-state index in [4.69, 9.17) is 5.84 Å². The van der Waals surface area contributed by atoms with Gasteiger partial charge in [-0.15, -0.1) is 0 Å². The molecule has 0 saturated heterocycles. The lowest BCUT2D eigenvalue weighted by Gasteiger charge is -2.09. The molecule has 2 aromatic carbocycles. The minimum Gasteiger partial charge on any atom is -0.357 e. The first-order chi connectivity index (χ1) is 11.7. The van der Waals surface area contributed by atoms with E-state index < -0.39 is 0 Å². The molecule has 118 valence electrons. The molecule has 0 unspecified atom stereocenters. The molecule has 24 heavy (non-hydrogen) atoms. The lowest BCUT2D eigenvalue weighted by atomic mass is 10.0. The Hall–Kier alpha value is -3.27. The summed E-state index contributed by atoms with van der Waals surface area (Å²) in [5.74, 6) is 6.09. The number of pyridine rings is 1. The van der Waals surface area contributed by atoms with Crippen molar-refractivity contribution >= 4 is 10.8 Å². The monoisotopic (exact) mass is 315 g/mol. The van der Waals surface area contributed by atoms with E-state index >= 15 is 0 Å². The van der Waals surface area contributed by atoms with Crippen LogP contribution in [0.4, 0.5) is 0 Å². The highest BCUT2D eigenvalue weighted by molar-refractivity contribution is 5.99. The summed E-state index contributed by atoms with van der Waals surface area (Å²) in [5, 5.41) is 1.53. The number of fused-ring (bicyclic) bond motifs is 1. The molecule has 4 aromatic rings. The van der Waals surface area contributed by atoms with Crippen molar-refractivity contribution in [3.8, 4) is 22.5 Å². The SMILES string of the molecule is Cc1[nH]c(-c2ccccc2)c2cc(-c3ccccc3)n(N)c(=O)c12. The number of hydrogen-bond donors (Lipinski definition) is 2. The number of aromatic nitrogens is 2. The molecule has 4 nitrogen and oxygen atoms in total. The largest absolute Gasteiger partial charge is 0.357 e. The van der Waals surface area contributed by atoms with E-state index in [2.05, 4.69) is 4.98 Å². The molecular formula is C20H17N3O. The number of nitrogens with one attached hydrogen (secondary N) is 1. The summed E-state index contributed by atoms with van der Waals surface area (Å²) in [7, 11) is 0. The van der Waals surface area contributed by atoms with Gasteiger partial charge in [0, 0.05) is 16.6 Å². The van der Waals surface area contributed by atoms with Crippen molar-refractivity contribution in [3.63, 3.8) is 0 Å². The number of hydrogen-bond acceptors (Lipinski definition) is 2. The Morgan fingerprint density at radius 3 is 2.12 bits per heavy atom. The van der Waals surface area contributed by atoms with E-state index in [1.807, 2.05) is 73.7 Å². The Kier molecular flexibility index (Phi) is 3.24. The summed E-state index contributed by atoms with van der Waals surface area (Å²) in [5.41, 5.74) is 4.23. The summed E-state index contributed by atoms with van der Waals surface area (Å²) < 4.78 is 1.23. The fraction of sp³-hybridized carbons (Fsp3) is 0.0500. The lowest BCUT2D eigenvalue weighted by Crippen LogP contribution is -2.28. The van der Waals surface area contributed by atoms with Crippen LogP contribution < -0.4 is 11.4 Å². The van der Waals surface area contributed by atoms with Crippen LogP contribution in [0.2, 0.25) is 0 Å². The quantitative estimate of drug-likeness (QED) is 0.554. The molecule has 2 aromatic heterocycles. The highest BCUT2D eigenvalue weighted by Crippen LogP contribution is 2.31. The third kappa shape index (κ3) is 2.12. The van der Waals surface area contributed by atoms with E-state index in [-0.39, 0.29) is 5.56 Å². The van der Waals surface area contributed by atoms with Crippen molar-refractivity contribution in [2.45, 2.75) is 6.92 Å². The van der Waals surface area contributed by atoms with E-state index in [0.717, 1.165) is 27.9 Å². The van der Waals surface area contributed by atoms with Crippen LogP contribution >= 0.6 is 0 Å². The third-order valence-corrected chi connectivity index (χ3v) is 4.33. The molecule has 0 fully saturated rings.